The molecule has 0 bridgehead atoms. The van der Waals surface area contributed by atoms with Crippen LogP contribution in [0.5, 0.6) is 5.75 Å². The Bertz CT molecular complexity index is 1090. The Kier molecular flexibility index (Phi) is 3.76. The predicted octanol–water partition coefficient (Wildman–Crippen LogP) is 4.76. The van der Waals surface area contributed by atoms with Crippen molar-refractivity contribution in [1.82, 2.24) is 4.98 Å². The summed E-state index contributed by atoms with van der Waals surface area (Å²) in [7, 11) is 0. The van der Waals surface area contributed by atoms with Crippen molar-refractivity contribution in [3.8, 4) is 11.8 Å². The number of hydrogen-bond donors (Lipinski definition) is 1. The molecule has 2 N–H and O–H groups in total. The Morgan fingerprint density at radius 2 is 1.96 bits per heavy atom. The molecule has 0 fully saturated rings. The first-order valence-electron chi connectivity index (χ1n) is 7.50. The lowest BCUT2D eigenvalue weighted by Crippen LogP contribution is -2.21. The zero-order chi connectivity index (χ0) is 17.6. The van der Waals surface area contributed by atoms with E-state index in [1.165, 1.54) is 0 Å². The topological polar surface area (TPSA) is 71.9 Å². The van der Waals surface area contributed by atoms with Gasteiger partial charge >= 0.3 is 0 Å². The third-order valence-electron chi connectivity index (χ3n) is 4.23. The molecule has 25 heavy (non-hydrogen) atoms. The first-order chi connectivity index (χ1) is 12.1. The quantitative estimate of drug-likeness (QED) is 0.672. The van der Waals surface area contributed by atoms with Gasteiger partial charge in [-0.1, -0.05) is 47.5 Å². The third-order valence-corrected chi connectivity index (χ3v) is 4.97. The molecule has 2 aromatic carbocycles. The van der Waals surface area contributed by atoms with Crippen LogP contribution in [0, 0.1) is 11.3 Å². The van der Waals surface area contributed by atoms with Crippen LogP contribution in [-0.4, -0.2) is 4.98 Å². The van der Waals surface area contributed by atoms with Gasteiger partial charge in [0.25, 0.3) is 0 Å². The van der Waals surface area contributed by atoms with E-state index in [0.717, 1.165) is 16.5 Å². The number of hydrogen-bond acceptors (Lipinski definition) is 4. The summed E-state index contributed by atoms with van der Waals surface area (Å²) in [6.07, 6.45) is 1.69. The molecule has 0 saturated heterocycles. The van der Waals surface area contributed by atoms with Gasteiger partial charge in [-0.15, -0.1) is 0 Å². The van der Waals surface area contributed by atoms with Crippen molar-refractivity contribution in [2.24, 2.45) is 5.73 Å². The molecular formula is C19H11Cl2N3O. The van der Waals surface area contributed by atoms with Crippen molar-refractivity contribution >= 4 is 34.1 Å². The number of nitrogens with two attached hydrogens (primary N) is 1. The van der Waals surface area contributed by atoms with E-state index in [1.807, 2.05) is 30.3 Å². The minimum Gasteiger partial charge on any atom is -0.438 e. The van der Waals surface area contributed by atoms with Gasteiger partial charge in [0.1, 0.15) is 17.2 Å². The molecule has 1 aliphatic rings. The average Bonchev–Trinajstić information content (AvgIpc) is 2.63. The van der Waals surface area contributed by atoms with E-state index in [4.69, 9.17) is 33.7 Å². The number of benzene rings is 2. The molecule has 4 nitrogen and oxygen atoms in total. The van der Waals surface area contributed by atoms with Gasteiger partial charge in [-0.3, -0.25) is 4.98 Å². The molecule has 3 aromatic rings. The average molecular weight is 368 g/mol. The number of pyridine rings is 1. The molecule has 0 aliphatic carbocycles. The maximum Gasteiger partial charge on any atom is 0.205 e. The fourth-order valence-corrected chi connectivity index (χ4v) is 3.40. The summed E-state index contributed by atoms with van der Waals surface area (Å²) in [4.78, 5) is 4.41. The van der Waals surface area contributed by atoms with Gasteiger partial charge in [0.05, 0.1) is 16.0 Å². The van der Waals surface area contributed by atoms with Crippen LogP contribution in [-0.2, 0) is 0 Å². The van der Waals surface area contributed by atoms with Crippen LogP contribution < -0.4 is 10.5 Å². The Labute approximate surface area is 154 Å². The summed E-state index contributed by atoms with van der Waals surface area (Å²) in [6.45, 7) is 0. The fourth-order valence-electron chi connectivity index (χ4n) is 3.09. The summed E-state index contributed by atoms with van der Waals surface area (Å²) < 4.78 is 5.77. The van der Waals surface area contributed by atoms with Crippen molar-refractivity contribution < 1.29 is 4.74 Å². The van der Waals surface area contributed by atoms with Crippen LogP contribution in [0.25, 0.3) is 10.9 Å². The van der Waals surface area contributed by atoms with Gasteiger partial charge in [0.2, 0.25) is 5.88 Å². The molecule has 0 radical (unpaired) electrons. The second kappa shape index (κ2) is 5.96. The van der Waals surface area contributed by atoms with Gasteiger partial charge in [-0.05, 0) is 23.8 Å². The number of nitrogens with zero attached hydrogens (tertiary/aromatic N) is 2. The normalized spacial score (nSPS) is 16.3. The molecule has 0 spiro atoms. The Balaban J connectivity index is 2.01. The molecule has 1 aliphatic heterocycles. The third kappa shape index (κ3) is 2.49. The summed E-state index contributed by atoms with van der Waals surface area (Å²) in [5.74, 6) is 0.241. The zero-order valence-electron chi connectivity index (χ0n) is 12.8. The van der Waals surface area contributed by atoms with E-state index in [9.17, 15) is 5.26 Å². The number of nitriles is 1. The SMILES string of the molecule is N#CC1=C(N)Oc2c(ccc3cccnc23)C1c1ccc(Cl)c(Cl)c1. The molecule has 122 valence electrons. The van der Waals surface area contributed by atoms with Crippen molar-refractivity contribution in [1.29, 1.82) is 5.26 Å². The minimum absolute atomic E-state index is 0.0734. The molecule has 4 rings (SSSR count). The van der Waals surface area contributed by atoms with Gasteiger partial charge in [-0.25, -0.2) is 0 Å². The molecule has 6 heteroatoms. The first kappa shape index (κ1) is 15.8. The highest BCUT2D eigenvalue weighted by Gasteiger charge is 2.32. The van der Waals surface area contributed by atoms with E-state index in [-0.39, 0.29) is 5.88 Å². The smallest absolute Gasteiger partial charge is 0.205 e. The van der Waals surface area contributed by atoms with Gasteiger partial charge in [0.15, 0.2) is 5.75 Å². The number of ether oxygens (including phenoxy) is 1. The second-order valence-electron chi connectivity index (χ2n) is 5.66. The van der Waals surface area contributed by atoms with Crippen LogP contribution in [0.4, 0.5) is 0 Å². The molecule has 2 heterocycles. The van der Waals surface area contributed by atoms with Crippen LogP contribution in [0.2, 0.25) is 10.0 Å². The summed E-state index contributed by atoms with van der Waals surface area (Å²) >= 11 is 12.2. The number of aromatic nitrogens is 1. The number of halogens is 2. The molecule has 1 unspecified atom stereocenters. The molecule has 0 amide bonds. The van der Waals surface area contributed by atoms with Crippen LogP contribution in [0.15, 0.2) is 60.1 Å². The van der Waals surface area contributed by atoms with Gasteiger partial charge < -0.3 is 10.5 Å². The second-order valence-corrected chi connectivity index (χ2v) is 6.47. The lowest BCUT2D eigenvalue weighted by molar-refractivity contribution is 0.397. The predicted molar refractivity (Wildman–Crippen MR) is 97.5 cm³/mol. The van der Waals surface area contributed by atoms with Crippen LogP contribution in [0.1, 0.15) is 17.0 Å². The highest BCUT2D eigenvalue weighted by atomic mass is 35.5. The summed E-state index contributed by atoms with van der Waals surface area (Å²) in [5.41, 5.74) is 8.70. The van der Waals surface area contributed by atoms with Gasteiger partial charge in [0, 0.05) is 17.1 Å². The molecule has 1 atom stereocenters. The Hall–Kier alpha value is -2.74. The zero-order valence-corrected chi connectivity index (χ0v) is 14.3. The lowest BCUT2D eigenvalue weighted by atomic mass is 9.83. The van der Waals surface area contributed by atoms with Crippen LogP contribution >= 0.6 is 23.2 Å². The highest BCUT2D eigenvalue weighted by Crippen LogP contribution is 2.45. The largest absolute Gasteiger partial charge is 0.438 e. The summed E-state index contributed by atoms with van der Waals surface area (Å²) in [6, 6.07) is 15.1. The van der Waals surface area contributed by atoms with Crippen molar-refractivity contribution in [2.75, 3.05) is 0 Å². The summed E-state index contributed by atoms with van der Waals surface area (Å²) in [5, 5.41) is 11.4. The lowest BCUT2D eigenvalue weighted by Gasteiger charge is -2.27. The number of fused-ring (bicyclic) bond motifs is 3. The van der Waals surface area contributed by atoms with E-state index in [1.54, 1.807) is 18.3 Å². The van der Waals surface area contributed by atoms with Crippen LogP contribution in [0.3, 0.4) is 0 Å². The van der Waals surface area contributed by atoms with Crippen molar-refractivity contribution in [2.45, 2.75) is 5.92 Å². The molecule has 0 saturated carbocycles. The van der Waals surface area contributed by atoms with Crippen molar-refractivity contribution in [3.05, 3.63) is 81.3 Å². The minimum atomic E-state index is -0.394. The molecule has 1 aromatic heterocycles. The number of allylic oxidation sites excluding steroid dienone is 1. The fraction of sp³-hybridized carbons (Fsp3) is 0.0526. The monoisotopic (exact) mass is 367 g/mol. The first-order valence-corrected chi connectivity index (χ1v) is 8.26. The number of rotatable bonds is 1. The van der Waals surface area contributed by atoms with E-state index < -0.39 is 5.92 Å². The Morgan fingerprint density at radius 3 is 2.72 bits per heavy atom. The Morgan fingerprint density at radius 1 is 1.12 bits per heavy atom. The molecular weight excluding hydrogens is 357 g/mol. The van der Waals surface area contributed by atoms with Crippen molar-refractivity contribution in [3.63, 3.8) is 0 Å². The van der Waals surface area contributed by atoms with E-state index >= 15 is 0 Å². The maximum atomic E-state index is 9.61. The van der Waals surface area contributed by atoms with Gasteiger partial charge in [-0.2, -0.15) is 5.26 Å². The maximum absolute atomic E-state index is 9.61. The van der Waals surface area contributed by atoms with E-state index in [2.05, 4.69) is 11.1 Å². The van der Waals surface area contributed by atoms with E-state index in [0.29, 0.717) is 26.9 Å². The highest BCUT2D eigenvalue weighted by molar-refractivity contribution is 6.42. The standard InChI is InChI=1S/C19H11Cl2N3O/c20-14-6-4-11(8-15(14)21)16-12-5-3-10-2-1-7-24-17(10)18(12)25-19(23)13(16)9-22/h1-8,16H,23H2.